The Bertz CT molecular complexity index is 600. The molecule has 0 saturated heterocycles. The number of halogens is 1. The van der Waals surface area contributed by atoms with Crippen LogP contribution in [-0.2, 0) is 0 Å². The zero-order valence-corrected chi connectivity index (χ0v) is 13.5. The fraction of sp³-hybridized carbons (Fsp3) is 0.353. The average Bonchev–Trinajstić information content (AvgIpc) is 2.49. The maximum atomic E-state index is 6.32. The molecule has 0 saturated carbocycles. The summed E-state index contributed by atoms with van der Waals surface area (Å²) >= 11 is 6.32. The second kappa shape index (κ2) is 7.03. The molecular weight excluding hydrogens is 282 g/mol. The van der Waals surface area contributed by atoms with E-state index >= 15 is 0 Å². The molecular formula is C17H22ClN3. The van der Waals surface area contributed by atoms with Crippen molar-refractivity contribution in [2.45, 2.75) is 25.9 Å². The summed E-state index contributed by atoms with van der Waals surface area (Å²) in [4.78, 5) is 6.49. The van der Waals surface area contributed by atoms with Crippen LogP contribution in [0.3, 0.4) is 0 Å². The van der Waals surface area contributed by atoms with Gasteiger partial charge in [-0.1, -0.05) is 29.8 Å². The van der Waals surface area contributed by atoms with Crippen molar-refractivity contribution < 1.29 is 0 Å². The number of aromatic nitrogens is 1. The molecule has 2 rings (SSSR count). The topological polar surface area (TPSA) is 42.1 Å². The number of benzene rings is 1. The van der Waals surface area contributed by atoms with Gasteiger partial charge in [0.2, 0.25) is 0 Å². The number of hydrogen-bond donors (Lipinski definition) is 1. The molecule has 0 fully saturated rings. The normalized spacial score (nSPS) is 14.2. The van der Waals surface area contributed by atoms with Gasteiger partial charge in [0.1, 0.15) is 0 Å². The first kappa shape index (κ1) is 16.0. The lowest BCUT2D eigenvalue weighted by Gasteiger charge is -2.34. The van der Waals surface area contributed by atoms with Gasteiger partial charge in [0.05, 0.1) is 0 Å². The molecule has 0 bridgehead atoms. The average molecular weight is 304 g/mol. The summed E-state index contributed by atoms with van der Waals surface area (Å²) < 4.78 is 0. The van der Waals surface area contributed by atoms with E-state index in [0.717, 1.165) is 10.6 Å². The van der Waals surface area contributed by atoms with Gasteiger partial charge in [-0.05, 0) is 49.7 Å². The molecule has 112 valence electrons. The molecule has 2 N–H and O–H groups in total. The SMILES string of the molecule is Cc1ccncc1C(CN)N(C)C(C)c1ccccc1Cl. The standard InChI is InChI=1S/C17H22ClN3/c1-12-8-9-20-11-15(12)17(10-19)21(3)13(2)14-6-4-5-7-16(14)18/h4-9,11,13,17H,10,19H2,1-3H3. The van der Waals surface area contributed by atoms with Gasteiger partial charge in [-0.25, -0.2) is 0 Å². The van der Waals surface area contributed by atoms with Crippen LogP contribution in [0, 0.1) is 6.92 Å². The van der Waals surface area contributed by atoms with Gasteiger partial charge < -0.3 is 5.73 Å². The molecule has 1 aromatic heterocycles. The van der Waals surface area contributed by atoms with Gasteiger partial charge in [0.15, 0.2) is 0 Å². The molecule has 2 atom stereocenters. The van der Waals surface area contributed by atoms with Crippen LogP contribution in [0.25, 0.3) is 0 Å². The van der Waals surface area contributed by atoms with Gasteiger partial charge in [-0.2, -0.15) is 0 Å². The van der Waals surface area contributed by atoms with E-state index in [1.54, 1.807) is 0 Å². The Labute approximate surface area is 131 Å². The summed E-state index contributed by atoms with van der Waals surface area (Å²) in [6.07, 6.45) is 3.71. The van der Waals surface area contributed by atoms with Crippen molar-refractivity contribution in [3.63, 3.8) is 0 Å². The minimum Gasteiger partial charge on any atom is -0.329 e. The number of rotatable bonds is 5. The van der Waals surface area contributed by atoms with E-state index in [-0.39, 0.29) is 12.1 Å². The van der Waals surface area contributed by atoms with E-state index < -0.39 is 0 Å². The lowest BCUT2D eigenvalue weighted by molar-refractivity contribution is 0.189. The number of nitrogens with two attached hydrogens (primary N) is 1. The predicted octanol–water partition coefficient (Wildman–Crippen LogP) is 3.74. The van der Waals surface area contributed by atoms with Crippen molar-refractivity contribution in [1.82, 2.24) is 9.88 Å². The first-order chi connectivity index (χ1) is 10.1. The summed E-state index contributed by atoms with van der Waals surface area (Å²) in [7, 11) is 2.08. The Kier molecular flexibility index (Phi) is 5.34. The quantitative estimate of drug-likeness (QED) is 0.915. The Morgan fingerprint density at radius 1 is 1.24 bits per heavy atom. The molecule has 0 radical (unpaired) electrons. The molecule has 0 aliphatic carbocycles. The summed E-state index contributed by atoms with van der Waals surface area (Å²) in [5.41, 5.74) is 9.51. The molecule has 2 aromatic rings. The highest BCUT2D eigenvalue weighted by molar-refractivity contribution is 6.31. The molecule has 3 nitrogen and oxygen atoms in total. The Balaban J connectivity index is 2.31. The third-order valence-corrected chi connectivity index (χ3v) is 4.46. The van der Waals surface area contributed by atoms with Crippen LogP contribution in [0.4, 0.5) is 0 Å². The Morgan fingerprint density at radius 2 is 1.95 bits per heavy atom. The molecule has 1 aromatic carbocycles. The number of hydrogen-bond acceptors (Lipinski definition) is 3. The van der Waals surface area contributed by atoms with Crippen LogP contribution in [0.2, 0.25) is 5.02 Å². The van der Waals surface area contributed by atoms with Gasteiger partial charge >= 0.3 is 0 Å². The molecule has 0 amide bonds. The van der Waals surface area contributed by atoms with Crippen LogP contribution in [0.15, 0.2) is 42.7 Å². The molecule has 2 unspecified atom stereocenters. The van der Waals surface area contributed by atoms with E-state index in [0.29, 0.717) is 6.54 Å². The first-order valence-corrected chi connectivity index (χ1v) is 7.51. The molecule has 4 heteroatoms. The van der Waals surface area contributed by atoms with E-state index in [2.05, 4.69) is 36.8 Å². The second-order valence-corrected chi connectivity index (χ2v) is 5.75. The fourth-order valence-electron chi connectivity index (χ4n) is 2.64. The highest BCUT2D eigenvalue weighted by Gasteiger charge is 2.23. The molecule has 1 heterocycles. The minimum absolute atomic E-state index is 0.116. The zero-order chi connectivity index (χ0) is 15.4. The van der Waals surface area contributed by atoms with Crippen molar-refractivity contribution in [3.8, 4) is 0 Å². The number of aryl methyl sites for hydroxylation is 1. The smallest absolute Gasteiger partial charge is 0.0491 e. The van der Waals surface area contributed by atoms with Crippen LogP contribution < -0.4 is 5.73 Å². The maximum Gasteiger partial charge on any atom is 0.0491 e. The van der Waals surface area contributed by atoms with Crippen molar-refractivity contribution in [2.75, 3.05) is 13.6 Å². The predicted molar refractivity (Wildman–Crippen MR) is 88.4 cm³/mol. The number of nitrogens with zero attached hydrogens (tertiary/aromatic N) is 2. The summed E-state index contributed by atoms with van der Waals surface area (Å²) in [6, 6.07) is 10.3. The largest absolute Gasteiger partial charge is 0.329 e. The minimum atomic E-state index is 0.116. The molecule has 21 heavy (non-hydrogen) atoms. The van der Waals surface area contributed by atoms with E-state index in [4.69, 9.17) is 17.3 Å². The third kappa shape index (κ3) is 3.43. The van der Waals surface area contributed by atoms with E-state index in [1.807, 2.05) is 36.7 Å². The van der Waals surface area contributed by atoms with Gasteiger partial charge in [0.25, 0.3) is 0 Å². The Morgan fingerprint density at radius 3 is 2.57 bits per heavy atom. The van der Waals surface area contributed by atoms with Crippen molar-refractivity contribution in [2.24, 2.45) is 5.73 Å². The summed E-state index contributed by atoms with van der Waals surface area (Å²) in [5, 5.41) is 0.788. The van der Waals surface area contributed by atoms with Crippen LogP contribution in [0.1, 0.15) is 35.7 Å². The highest BCUT2D eigenvalue weighted by Crippen LogP contribution is 2.32. The van der Waals surface area contributed by atoms with Crippen LogP contribution >= 0.6 is 11.6 Å². The number of pyridine rings is 1. The first-order valence-electron chi connectivity index (χ1n) is 7.13. The lowest BCUT2D eigenvalue weighted by Crippen LogP contribution is -2.33. The van der Waals surface area contributed by atoms with Gasteiger partial charge in [-0.15, -0.1) is 0 Å². The van der Waals surface area contributed by atoms with Gasteiger partial charge in [-0.3, -0.25) is 9.88 Å². The fourth-order valence-corrected chi connectivity index (χ4v) is 2.93. The molecule has 0 spiro atoms. The van der Waals surface area contributed by atoms with Crippen molar-refractivity contribution in [1.29, 1.82) is 0 Å². The molecule has 0 aliphatic heterocycles. The second-order valence-electron chi connectivity index (χ2n) is 5.35. The van der Waals surface area contributed by atoms with E-state index in [1.165, 1.54) is 11.1 Å². The summed E-state index contributed by atoms with van der Waals surface area (Å²) in [6.45, 7) is 4.78. The van der Waals surface area contributed by atoms with Gasteiger partial charge in [0, 0.05) is 36.0 Å². The maximum absolute atomic E-state index is 6.32. The van der Waals surface area contributed by atoms with Crippen LogP contribution in [0.5, 0.6) is 0 Å². The van der Waals surface area contributed by atoms with Crippen molar-refractivity contribution in [3.05, 3.63) is 64.4 Å². The highest BCUT2D eigenvalue weighted by atomic mass is 35.5. The Hall–Kier alpha value is -1.42. The number of likely N-dealkylation sites (N-methyl/N-ethyl adjacent to an activating group) is 1. The zero-order valence-electron chi connectivity index (χ0n) is 12.8. The van der Waals surface area contributed by atoms with Crippen molar-refractivity contribution >= 4 is 11.6 Å². The third-order valence-electron chi connectivity index (χ3n) is 4.12. The van der Waals surface area contributed by atoms with Crippen LogP contribution in [-0.4, -0.2) is 23.5 Å². The monoisotopic (exact) mass is 303 g/mol. The lowest BCUT2D eigenvalue weighted by atomic mass is 9.99. The summed E-state index contributed by atoms with van der Waals surface area (Å²) in [5.74, 6) is 0. The molecule has 0 aliphatic rings. The van der Waals surface area contributed by atoms with E-state index in [9.17, 15) is 0 Å².